The van der Waals surface area contributed by atoms with Gasteiger partial charge in [0.1, 0.15) is 5.69 Å². The molecule has 1 aromatic carbocycles. The maximum atomic E-state index is 12.2. The molecule has 6 nitrogen and oxygen atoms in total. The minimum absolute atomic E-state index is 0.141. The van der Waals surface area contributed by atoms with E-state index in [1.165, 1.54) is 16.9 Å². The number of carbonyl (C=O) groups is 1. The Morgan fingerprint density at radius 1 is 1.32 bits per heavy atom. The summed E-state index contributed by atoms with van der Waals surface area (Å²) in [6, 6.07) is 8.35. The van der Waals surface area contributed by atoms with Gasteiger partial charge in [0.15, 0.2) is 0 Å². The van der Waals surface area contributed by atoms with E-state index in [1.807, 2.05) is 12.1 Å². The Labute approximate surface area is 152 Å². The number of amides is 1. The molecule has 0 unspecified atom stereocenters. The predicted octanol–water partition coefficient (Wildman–Crippen LogP) is 1.41. The Morgan fingerprint density at radius 2 is 2.12 bits per heavy atom. The fraction of sp³-hybridized carbons (Fsp3) is 0.444. The Morgan fingerprint density at radius 3 is 2.92 bits per heavy atom. The first-order chi connectivity index (χ1) is 12.2. The third kappa shape index (κ3) is 5.34. The van der Waals surface area contributed by atoms with E-state index in [0.717, 1.165) is 43.4 Å². The molecule has 3 N–H and O–H groups in total. The Kier molecular flexibility index (Phi) is 6.52. The average molecular weight is 360 g/mol. The smallest absolute Gasteiger partial charge is 0.271 e. The number of nitrogens with two attached hydrogens (primary N) is 1. The fourth-order valence-corrected chi connectivity index (χ4v) is 3.58. The number of nitrogens with zero attached hydrogens (tertiary/aromatic N) is 2. The van der Waals surface area contributed by atoms with Crippen molar-refractivity contribution in [3.05, 3.63) is 51.5 Å². The van der Waals surface area contributed by atoms with Crippen molar-refractivity contribution in [3.8, 4) is 0 Å². The molecule has 2 aromatic rings. The summed E-state index contributed by atoms with van der Waals surface area (Å²) in [6.45, 7) is 5.50. The predicted molar refractivity (Wildman–Crippen MR) is 98.6 cm³/mol. The first-order valence-corrected chi connectivity index (χ1v) is 9.43. The summed E-state index contributed by atoms with van der Waals surface area (Å²) >= 11 is 1.48. The second-order valence-electron chi connectivity index (χ2n) is 6.06. The summed E-state index contributed by atoms with van der Waals surface area (Å²) in [4.78, 5) is 18.9. The fourth-order valence-electron chi connectivity index (χ4n) is 2.78. The lowest BCUT2D eigenvalue weighted by Crippen LogP contribution is -2.35. The number of nitrogens with one attached hydrogen (secondary N) is 1. The van der Waals surface area contributed by atoms with E-state index in [9.17, 15) is 4.79 Å². The summed E-state index contributed by atoms with van der Waals surface area (Å²) in [7, 11) is 0. The highest BCUT2D eigenvalue weighted by atomic mass is 32.1. The van der Waals surface area contributed by atoms with Crippen LogP contribution in [-0.4, -0.2) is 48.6 Å². The molecule has 7 heteroatoms. The molecule has 0 atom stereocenters. The van der Waals surface area contributed by atoms with Crippen molar-refractivity contribution in [3.63, 3.8) is 0 Å². The largest absolute Gasteiger partial charge is 0.379 e. The van der Waals surface area contributed by atoms with Crippen molar-refractivity contribution in [1.29, 1.82) is 0 Å². The molecule has 25 heavy (non-hydrogen) atoms. The van der Waals surface area contributed by atoms with Gasteiger partial charge in [-0.1, -0.05) is 24.3 Å². The van der Waals surface area contributed by atoms with Crippen LogP contribution >= 0.6 is 11.3 Å². The van der Waals surface area contributed by atoms with E-state index < -0.39 is 0 Å². The summed E-state index contributed by atoms with van der Waals surface area (Å²) in [5.41, 5.74) is 8.34. The Hall–Kier alpha value is -1.80. The van der Waals surface area contributed by atoms with Crippen molar-refractivity contribution in [2.45, 2.75) is 19.5 Å². The number of benzene rings is 1. The number of carbonyl (C=O) groups excluding carboxylic acids is 1. The normalized spacial score (nSPS) is 15.2. The molecule has 1 aromatic heterocycles. The third-order valence-corrected chi connectivity index (χ3v) is 5.01. The zero-order valence-electron chi connectivity index (χ0n) is 14.2. The van der Waals surface area contributed by atoms with Crippen molar-refractivity contribution >= 4 is 17.2 Å². The van der Waals surface area contributed by atoms with E-state index in [2.05, 4.69) is 27.3 Å². The van der Waals surface area contributed by atoms with Gasteiger partial charge in [-0.05, 0) is 17.7 Å². The molecule has 0 bridgehead atoms. The third-order valence-electron chi connectivity index (χ3n) is 4.10. The number of hydrogen-bond acceptors (Lipinski definition) is 6. The van der Waals surface area contributed by atoms with Crippen LogP contribution in [0.4, 0.5) is 0 Å². The number of aromatic nitrogens is 1. The van der Waals surface area contributed by atoms with Crippen molar-refractivity contribution < 1.29 is 9.53 Å². The van der Waals surface area contributed by atoms with E-state index >= 15 is 0 Å². The molecule has 134 valence electrons. The molecule has 0 aliphatic carbocycles. The minimum Gasteiger partial charge on any atom is -0.379 e. The highest BCUT2D eigenvalue weighted by molar-refractivity contribution is 7.09. The number of rotatable bonds is 7. The van der Waals surface area contributed by atoms with Crippen molar-refractivity contribution in [2.24, 2.45) is 5.73 Å². The first kappa shape index (κ1) is 18.0. The van der Waals surface area contributed by atoms with Gasteiger partial charge in [0.2, 0.25) is 0 Å². The van der Waals surface area contributed by atoms with Crippen molar-refractivity contribution in [2.75, 3.05) is 32.8 Å². The van der Waals surface area contributed by atoms with E-state index in [1.54, 1.807) is 5.38 Å². The molecular formula is C18H24N4O2S. The maximum absolute atomic E-state index is 12.2. The second kappa shape index (κ2) is 9.05. The van der Waals surface area contributed by atoms with Gasteiger partial charge in [-0.25, -0.2) is 4.98 Å². The lowest BCUT2D eigenvalue weighted by atomic mass is 10.1. The van der Waals surface area contributed by atoms with Crippen LogP contribution in [0.15, 0.2) is 29.6 Å². The number of morpholine rings is 1. The van der Waals surface area contributed by atoms with Gasteiger partial charge in [0.05, 0.1) is 18.2 Å². The highest BCUT2D eigenvalue weighted by Crippen LogP contribution is 2.12. The Balaban J connectivity index is 1.53. The molecule has 0 radical (unpaired) electrons. The van der Waals surface area contributed by atoms with Gasteiger partial charge in [-0.3, -0.25) is 9.69 Å². The summed E-state index contributed by atoms with van der Waals surface area (Å²) in [6.07, 6.45) is 0.710. The molecule has 1 fully saturated rings. The SMILES string of the molecule is NCCc1nc(C(=O)NCc2cccc(CN3CCOCC3)c2)cs1. The lowest BCUT2D eigenvalue weighted by Gasteiger charge is -2.26. The molecule has 3 rings (SSSR count). The van der Waals surface area contributed by atoms with Gasteiger partial charge in [-0.2, -0.15) is 0 Å². The van der Waals surface area contributed by atoms with Crippen LogP contribution in [0.5, 0.6) is 0 Å². The topological polar surface area (TPSA) is 80.5 Å². The van der Waals surface area contributed by atoms with Crippen molar-refractivity contribution in [1.82, 2.24) is 15.2 Å². The quantitative estimate of drug-likeness (QED) is 0.780. The molecule has 1 aliphatic heterocycles. The van der Waals surface area contributed by atoms with Crippen LogP contribution in [0, 0.1) is 0 Å². The molecule has 2 heterocycles. The summed E-state index contributed by atoms with van der Waals surface area (Å²) in [5, 5.41) is 5.63. The molecule has 0 saturated carbocycles. The second-order valence-corrected chi connectivity index (χ2v) is 7.00. The number of ether oxygens (including phenoxy) is 1. The lowest BCUT2D eigenvalue weighted by molar-refractivity contribution is 0.0342. The molecule has 1 amide bonds. The zero-order valence-corrected chi connectivity index (χ0v) is 15.1. The summed E-state index contributed by atoms with van der Waals surface area (Å²) < 4.78 is 5.38. The van der Waals surface area contributed by atoms with Crippen LogP contribution in [0.2, 0.25) is 0 Å². The minimum atomic E-state index is -0.141. The van der Waals surface area contributed by atoms with Gasteiger partial charge in [0, 0.05) is 38.0 Å². The molecular weight excluding hydrogens is 336 g/mol. The van der Waals surface area contributed by atoms with E-state index in [0.29, 0.717) is 25.2 Å². The van der Waals surface area contributed by atoms with E-state index in [4.69, 9.17) is 10.5 Å². The van der Waals surface area contributed by atoms with E-state index in [-0.39, 0.29) is 5.91 Å². The van der Waals surface area contributed by atoms with Crippen LogP contribution < -0.4 is 11.1 Å². The first-order valence-electron chi connectivity index (χ1n) is 8.55. The van der Waals surface area contributed by atoms with Gasteiger partial charge in [-0.15, -0.1) is 11.3 Å². The Bertz CT molecular complexity index is 698. The van der Waals surface area contributed by atoms with Crippen LogP contribution in [0.3, 0.4) is 0 Å². The zero-order chi connectivity index (χ0) is 17.5. The molecule has 1 aliphatic rings. The molecule has 1 saturated heterocycles. The number of thiazole rings is 1. The van der Waals surface area contributed by atoms with Crippen LogP contribution in [0.25, 0.3) is 0 Å². The van der Waals surface area contributed by atoms with Crippen LogP contribution in [-0.2, 0) is 24.2 Å². The van der Waals surface area contributed by atoms with Crippen LogP contribution in [0.1, 0.15) is 26.6 Å². The van der Waals surface area contributed by atoms with Gasteiger partial charge >= 0.3 is 0 Å². The average Bonchev–Trinajstić information content (AvgIpc) is 3.10. The van der Waals surface area contributed by atoms with Gasteiger partial charge in [0.25, 0.3) is 5.91 Å². The van der Waals surface area contributed by atoms with Gasteiger partial charge < -0.3 is 15.8 Å². The highest BCUT2D eigenvalue weighted by Gasteiger charge is 2.12. The standard InChI is InChI=1S/C18H24N4O2S/c19-5-4-17-21-16(13-25-17)18(23)20-11-14-2-1-3-15(10-14)12-22-6-8-24-9-7-22/h1-3,10,13H,4-9,11-12,19H2,(H,20,23). The maximum Gasteiger partial charge on any atom is 0.271 e. The summed E-state index contributed by atoms with van der Waals surface area (Å²) in [5.74, 6) is -0.141. The number of hydrogen-bond donors (Lipinski definition) is 2. The molecule has 0 spiro atoms. The monoisotopic (exact) mass is 360 g/mol.